The van der Waals surface area contributed by atoms with Crippen LogP contribution in [-0.2, 0) is 0 Å². The minimum atomic E-state index is -0.672. The number of hydrogen-bond donors (Lipinski definition) is 0. The maximum atomic E-state index is 12.7. The first-order chi connectivity index (χ1) is 24.5. The third kappa shape index (κ3) is 10.6. The lowest BCUT2D eigenvalue weighted by atomic mass is 10.2. The van der Waals surface area contributed by atoms with Gasteiger partial charge in [0.15, 0.2) is 0 Å². The van der Waals surface area contributed by atoms with Gasteiger partial charge in [-0.2, -0.15) is 20.5 Å². The van der Waals surface area contributed by atoms with Crippen LogP contribution in [0.15, 0.2) is 155 Å². The van der Waals surface area contributed by atoms with Crippen molar-refractivity contribution in [2.24, 2.45) is 20.5 Å². The molecule has 12 nitrogen and oxygen atoms in total. The fourth-order valence-electron chi connectivity index (χ4n) is 4.04. The highest BCUT2D eigenvalue weighted by Gasteiger charge is 2.14. The minimum absolute atomic E-state index is 0.0967. The summed E-state index contributed by atoms with van der Waals surface area (Å²) in [4.78, 5) is 33.4. The number of carbonyl (C=O) groups excluding carboxylic acids is 2. The van der Waals surface area contributed by atoms with E-state index in [1.54, 1.807) is 84.9 Å². The Hall–Kier alpha value is -6.82. The molecule has 0 saturated carbocycles. The molecule has 250 valence electrons. The first kappa shape index (κ1) is 34.5. The summed E-state index contributed by atoms with van der Waals surface area (Å²) in [5.41, 5.74) is 2.88. The smallest absolute Gasteiger partial charge is 0.344 e. The fourth-order valence-corrected chi connectivity index (χ4v) is 4.04. The molecule has 0 aliphatic heterocycles. The molecule has 0 amide bonds. The standard InChI is InChI=1S/C38H32N6O6/c1-3-5-23-47-33-19-15-31(16-20-33)43-41-29-11-7-27(8-12-29)37(45)49-35-25-36(40-26-39-35)50-38(46)28-9-13-30(14-10-28)42-44-32-17-21-34(22-18-32)48-24-6-4-2/h3-4,7-22,25-26H,1-2,5-6,23-24H2. The van der Waals surface area contributed by atoms with Crippen LogP contribution in [0.3, 0.4) is 0 Å². The second-order valence-electron chi connectivity index (χ2n) is 10.3. The number of benzene rings is 4. The number of ether oxygens (including phenoxy) is 4. The van der Waals surface area contributed by atoms with Crippen LogP contribution in [0.5, 0.6) is 23.3 Å². The first-order valence-electron chi connectivity index (χ1n) is 15.5. The second kappa shape index (κ2) is 17.9. The Kier molecular flexibility index (Phi) is 12.4. The molecule has 0 aliphatic rings. The van der Waals surface area contributed by atoms with Crippen molar-refractivity contribution < 1.29 is 28.5 Å². The summed E-state index contributed by atoms with van der Waals surface area (Å²) in [5, 5.41) is 16.8. The minimum Gasteiger partial charge on any atom is -0.493 e. The van der Waals surface area contributed by atoms with E-state index in [2.05, 4.69) is 43.6 Å². The summed E-state index contributed by atoms with van der Waals surface area (Å²) in [6.07, 6.45) is 6.24. The van der Waals surface area contributed by atoms with E-state index >= 15 is 0 Å². The number of nitrogens with zero attached hydrogens (tertiary/aromatic N) is 6. The normalized spacial score (nSPS) is 10.9. The van der Waals surface area contributed by atoms with E-state index in [1.165, 1.54) is 6.07 Å². The van der Waals surface area contributed by atoms with Crippen LogP contribution in [0.1, 0.15) is 33.6 Å². The third-order valence-electron chi connectivity index (χ3n) is 6.63. The van der Waals surface area contributed by atoms with E-state index in [4.69, 9.17) is 18.9 Å². The SMILES string of the molecule is C=CCCOc1ccc(N=Nc2ccc(C(=O)Oc3cc(OC(=O)c4ccc(N=Nc5ccc(OCCC=C)cc5)cc4)ncn3)cc2)cc1. The van der Waals surface area contributed by atoms with Crippen molar-refractivity contribution in [2.45, 2.75) is 12.8 Å². The zero-order valence-electron chi connectivity index (χ0n) is 26.9. The van der Waals surface area contributed by atoms with E-state index in [0.29, 0.717) is 36.0 Å². The molecule has 50 heavy (non-hydrogen) atoms. The zero-order valence-corrected chi connectivity index (χ0v) is 26.9. The number of hydrogen-bond acceptors (Lipinski definition) is 12. The summed E-state index contributed by atoms with van der Waals surface area (Å²) in [6, 6.07) is 28.4. The Morgan fingerprint density at radius 1 is 0.540 bits per heavy atom. The largest absolute Gasteiger partial charge is 0.493 e. The summed E-state index contributed by atoms with van der Waals surface area (Å²) < 4.78 is 21.9. The molecule has 1 aromatic heterocycles. The molecule has 0 saturated heterocycles. The van der Waals surface area contributed by atoms with E-state index in [9.17, 15) is 9.59 Å². The van der Waals surface area contributed by atoms with Crippen LogP contribution in [-0.4, -0.2) is 35.1 Å². The summed E-state index contributed by atoms with van der Waals surface area (Å²) >= 11 is 0. The number of esters is 2. The lowest BCUT2D eigenvalue weighted by Crippen LogP contribution is -2.11. The molecule has 0 aliphatic carbocycles. The van der Waals surface area contributed by atoms with Crippen LogP contribution in [0, 0.1) is 0 Å². The predicted molar refractivity (Wildman–Crippen MR) is 187 cm³/mol. The van der Waals surface area contributed by atoms with Gasteiger partial charge in [-0.1, -0.05) is 12.2 Å². The van der Waals surface area contributed by atoms with E-state index in [-0.39, 0.29) is 22.9 Å². The van der Waals surface area contributed by atoms with Gasteiger partial charge >= 0.3 is 11.9 Å². The number of azo groups is 2. The molecule has 0 spiro atoms. The van der Waals surface area contributed by atoms with Gasteiger partial charge in [-0.25, -0.2) is 19.6 Å². The average molecular weight is 669 g/mol. The molecule has 12 heteroatoms. The number of carbonyl (C=O) groups is 2. The van der Waals surface area contributed by atoms with Gasteiger partial charge < -0.3 is 18.9 Å². The summed E-state index contributed by atoms with van der Waals surface area (Å²) in [5.74, 6) is -0.0695. The molecule has 0 bridgehead atoms. The van der Waals surface area contributed by atoms with Crippen LogP contribution in [0.2, 0.25) is 0 Å². The van der Waals surface area contributed by atoms with E-state index < -0.39 is 11.9 Å². The van der Waals surface area contributed by atoms with Crippen molar-refractivity contribution in [3.8, 4) is 23.3 Å². The summed E-state index contributed by atoms with van der Waals surface area (Å²) in [6.45, 7) is 8.46. The Bertz CT molecular complexity index is 1820. The predicted octanol–water partition coefficient (Wildman–Crippen LogP) is 9.66. The van der Waals surface area contributed by atoms with Crippen molar-refractivity contribution in [3.05, 3.63) is 146 Å². The Morgan fingerprint density at radius 3 is 1.22 bits per heavy atom. The topological polar surface area (TPSA) is 146 Å². The Labute approximate surface area is 288 Å². The molecular weight excluding hydrogens is 636 g/mol. The van der Waals surface area contributed by atoms with E-state index in [0.717, 1.165) is 30.7 Å². The van der Waals surface area contributed by atoms with Crippen molar-refractivity contribution in [2.75, 3.05) is 13.2 Å². The molecule has 5 aromatic rings. The molecule has 0 atom stereocenters. The van der Waals surface area contributed by atoms with Crippen LogP contribution in [0.25, 0.3) is 0 Å². The molecule has 5 rings (SSSR count). The molecular formula is C38H32N6O6. The Balaban J connectivity index is 1.11. The fraction of sp³-hybridized carbons (Fsp3) is 0.105. The van der Waals surface area contributed by atoms with Gasteiger partial charge in [0.1, 0.15) is 17.8 Å². The lowest BCUT2D eigenvalue weighted by molar-refractivity contribution is 0.0722. The van der Waals surface area contributed by atoms with Crippen molar-refractivity contribution >= 4 is 34.7 Å². The van der Waals surface area contributed by atoms with Crippen LogP contribution in [0.4, 0.5) is 22.7 Å². The van der Waals surface area contributed by atoms with Crippen LogP contribution >= 0.6 is 0 Å². The van der Waals surface area contributed by atoms with Gasteiger partial charge in [0, 0.05) is 0 Å². The van der Waals surface area contributed by atoms with Gasteiger partial charge in [-0.05, 0) is 110 Å². The molecule has 0 N–H and O–H groups in total. The number of aromatic nitrogens is 2. The van der Waals surface area contributed by atoms with Crippen molar-refractivity contribution in [3.63, 3.8) is 0 Å². The third-order valence-corrected chi connectivity index (χ3v) is 6.63. The highest BCUT2D eigenvalue weighted by atomic mass is 16.6. The molecule has 1 heterocycles. The highest BCUT2D eigenvalue weighted by Crippen LogP contribution is 2.24. The van der Waals surface area contributed by atoms with Crippen molar-refractivity contribution in [1.82, 2.24) is 9.97 Å². The highest BCUT2D eigenvalue weighted by molar-refractivity contribution is 5.92. The molecule has 0 fully saturated rings. The maximum Gasteiger partial charge on any atom is 0.344 e. The molecule has 0 unspecified atom stereocenters. The number of rotatable bonds is 16. The van der Waals surface area contributed by atoms with Crippen LogP contribution < -0.4 is 18.9 Å². The van der Waals surface area contributed by atoms with Gasteiger partial charge in [-0.3, -0.25) is 0 Å². The molecule has 0 radical (unpaired) electrons. The second-order valence-corrected chi connectivity index (χ2v) is 10.3. The average Bonchev–Trinajstić information content (AvgIpc) is 3.15. The first-order valence-corrected chi connectivity index (χ1v) is 15.5. The van der Waals surface area contributed by atoms with Gasteiger partial charge in [0.25, 0.3) is 0 Å². The van der Waals surface area contributed by atoms with Gasteiger partial charge in [-0.15, -0.1) is 13.2 Å². The maximum absolute atomic E-state index is 12.7. The lowest BCUT2D eigenvalue weighted by Gasteiger charge is -2.06. The zero-order chi connectivity index (χ0) is 35.0. The van der Waals surface area contributed by atoms with Gasteiger partial charge in [0.05, 0.1) is 53.2 Å². The van der Waals surface area contributed by atoms with Gasteiger partial charge in [0.2, 0.25) is 11.8 Å². The molecule has 4 aromatic carbocycles. The van der Waals surface area contributed by atoms with E-state index in [1.807, 2.05) is 24.3 Å². The monoisotopic (exact) mass is 668 g/mol. The summed E-state index contributed by atoms with van der Waals surface area (Å²) in [7, 11) is 0. The quantitative estimate of drug-likeness (QED) is 0.0437. The Morgan fingerprint density at radius 2 is 0.880 bits per heavy atom. The van der Waals surface area contributed by atoms with Crippen molar-refractivity contribution in [1.29, 1.82) is 0 Å².